The summed E-state index contributed by atoms with van der Waals surface area (Å²) in [4.78, 5) is 11.5. The SMILES string of the molecule is C=CCCCCCCCCC(=O)/C=C/CCCC. The fraction of sp³-hybridized carbons (Fsp3) is 0.706. The smallest absolute Gasteiger partial charge is 0.155 e. The highest BCUT2D eigenvalue weighted by Gasteiger charge is 1.96. The predicted molar refractivity (Wildman–Crippen MR) is 80.8 cm³/mol. The summed E-state index contributed by atoms with van der Waals surface area (Å²) < 4.78 is 0. The van der Waals surface area contributed by atoms with Crippen molar-refractivity contribution in [3.63, 3.8) is 0 Å². The molecule has 0 fully saturated rings. The van der Waals surface area contributed by atoms with E-state index in [0.29, 0.717) is 5.78 Å². The summed E-state index contributed by atoms with van der Waals surface area (Å²) >= 11 is 0. The van der Waals surface area contributed by atoms with Crippen molar-refractivity contribution in [3.05, 3.63) is 24.8 Å². The molecule has 0 heterocycles. The van der Waals surface area contributed by atoms with Crippen LogP contribution in [0.15, 0.2) is 24.8 Å². The van der Waals surface area contributed by atoms with Crippen molar-refractivity contribution in [1.82, 2.24) is 0 Å². The van der Waals surface area contributed by atoms with E-state index in [2.05, 4.69) is 13.5 Å². The molecule has 0 aromatic heterocycles. The Morgan fingerprint density at radius 2 is 1.61 bits per heavy atom. The Morgan fingerprint density at radius 3 is 2.28 bits per heavy atom. The Morgan fingerprint density at radius 1 is 0.944 bits per heavy atom. The van der Waals surface area contributed by atoms with Gasteiger partial charge in [-0.25, -0.2) is 0 Å². The highest BCUT2D eigenvalue weighted by molar-refractivity contribution is 5.89. The second-order valence-electron chi connectivity index (χ2n) is 4.96. The van der Waals surface area contributed by atoms with Crippen LogP contribution in [0.4, 0.5) is 0 Å². The molecule has 0 aliphatic rings. The molecule has 0 aliphatic carbocycles. The Bertz CT molecular complexity index is 228. The van der Waals surface area contributed by atoms with Gasteiger partial charge in [0.15, 0.2) is 5.78 Å². The van der Waals surface area contributed by atoms with E-state index in [1.165, 1.54) is 44.9 Å². The summed E-state index contributed by atoms with van der Waals surface area (Å²) in [5.41, 5.74) is 0. The van der Waals surface area contributed by atoms with Crippen molar-refractivity contribution in [2.45, 2.75) is 77.6 Å². The zero-order valence-electron chi connectivity index (χ0n) is 12.1. The molecule has 0 amide bonds. The van der Waals surface area contributed by atoms with Gasteiger partial charge in [-0.3, -0.25) is 4.79 Å². The van der Waals surface area contributed by atoms with E-state index in [9.17, 15) is 4.79 Å². The van der Waals surface area contributed by atoms with E-state index in [1.54, 1.807) is 6.08 Å². The molecule has 0 aromatic carbocycles. The van der Waals surface area contributed by atoms with Gasteiger partial charge in [-0.05, 0) is 31.8 Å². The largest absolute Gasteiger partial charge is 0.295 e. The molecule has 0 atom stereocenters. The normalized spacial score (nSPS) is 10.9. The van der Waals surface area contributed by atoms with E-state index in [4.69, 9.17) is 0 Å². The van der Waals surface area contributed by atoms with Gasteiger partial charge in [-0.1, -0.05) is 57.6 Å². The van der Waals surface area contributed by atoms with Crippen LogP contribution in [0.2, 0.25) is 0 Å². The molecule has 0 saturated carbocycles. The Labute approximate surface area is 113 Å². The predicted octanol–water partition coefficient (Wildman–Crippen LogP) is 5.61. The minimum absolute atomic E-state index is 0.303. The number of carbonyl (C=O) groups excluding carboxylic acids is 1. The Hall–Kier alpha value is -0.850. The topological polar surface area (TPSA) is 17.1 Å². The lowest BCUT2D eigenvalue weighted by Gasteiger charge is -1.99. The molecule has 0 N–H and O–H groups in total. The van der Waals surface area contributed by atoms with E-state index in [0.717, 1.165) is 25.7 Å². The number of ketones is 1. The minimum Gasteiger partial charge on any atom is -0.295 e. The Balaban J connectivity index is 3.24. The standard InChI is InChI=1S/C17H30O/c1-3-5-7-9-10-11-12-14-16-17(18)15-13-8-6-4-2/h3,13,15H,1,4-12,14,16H2,2H3/b15-13+. The summed E-state index contributed by atoms with van der Waals surface area (Å²) in [6, 6.07) is 0. The molecule has 0 saturated heterocycles. The lowest BCUT2D eigenvalue weighted by atomic mass is 10.1. The van der Waals surface area contributed by atoms with Gasteiger partial charge in [0.05, 0.1) is 0 Å². The van der Waals surface area contributed by atoms with Crippen molar-refractivity contribution in [2.24, 2.45) is 0 Å². The number of allylic oxidation sites excluding steroid dienone is 3. The van der Waals surface area contributed by atoms with Crippen molar-refractivity contribution < 1.29 is 4.79 Å². The zero-order chi connectivity index (χ0) is 13.5. The molecule has 104 valence electrons. The highest BCUT2D eigenvalue weighted by atomic mass is 16.1. The van der Waals surface area contributed by atoms with Crippen LogP contribution in [0.5, 0.6) is 0 Å². The first-order chi connectivity index (χ1) is 8.81. The maximum absolute atomic E-state index is 11.5. The molecule has 0 radical (unpaired) electrons. The first kappa shape index (κ1) is 17.2. The third-order valence-corrected chi connectivity index (χ3v) is 3.11. The summed E-state index contributed by atoms with van der Waals surface area (Å²) in [7, 11) is 0. The van der Waals surface area contributed by atoms with Crippen LogP contribution in [-0.2, 0) is 4.79 Å². The summed E-state index contributed by atoms with van der Waals surface area (Å²) in [5.74, 6) is 0.303. The summed E-state index contributed by atoms with van der Waals surface area (Å²) in [6.45, 7) is 5.89. The van der Waals surface area contributed by atoms with E-state index < -0.39 is 0 Å². The Kier molecular flexibility index (Phi) is 13.5. The molecule has 0 aromatic rings. The van der Waals surface area contributed by atoms with Gasteiger partial charge < -0.3 is 0 Å². The summed E-state index contributed by atoms with van der Waals surface area (Å²) in [5, 5.41) is 0. The average molecular weight is 250 g/mol. The van der Waals surface area contributed by atoms with E-state index in [-0.39, 0.29) is 0 Å². The van der Waals surface area contributed by atoms with Crippen molar-refractivity contribution in [2.75, 3.05) is 0 Å². The molecule has 0 unspecified atom stereocenters. The molecular formula is C17H30O. The van der Waals surface area contributed by atoms with Gasteiger partial charge in [0, 0.05) is 6.42 Å². The van der Waals surface area contributed by atoms with Gasteiger partial charge in [-0.2, -0.15) is 0 Å². The number of carbonyl (C=O) groups is 1. The number of hydrogen-bond acceptors (Lipinski definition) is 1. The van der Waals surface area contributed by atoms with Gasteiger partial charge in [0.1, 0.15) is 0 Å². The lowest BCUT2D eigenvalue weighted by Crippen LogP contribution is -1.92. The highest BCUT2D eigenvalue weighted by Crippen LogP contribution is 2.09. The van der Waals surface area contributed by atoms with Crippen LogP contribution in [0.25, 0.3) is 0 Å². The van der Waals surface area contributed by atoms with E-state index in [1.807, 2.05) is 12.2 Å². The van der Waals surface area contributed by atoms with E-state index >= 15 is 0 Å². The van der Waals surface area contributed by atoms with Gasteiger partial charge in [0.25, 0.3) is 0 Å². The van der Waals surface area contributed by atoms with Crippen LogP contribution in [0, 0.1) is 0 Å². The first-order valence-electron chi connectivity index (χ1n) is 7.61. The molecule has 0 spiro atoms. The molecule has 1 nitrogen and oxygen atoms in total. The molecule has 0 bridgehead atoms. The zero-order valence-corrected chi connectivity index (χ0v) is 12.1. The number of unbranched alkanes of at least 4 members (excludes halogenated alkanes) is 8. The third kappa shape index (κ3) is 13.2. The van der Waals surface area contributed by atoms with Crippen LogP contribution in [0.3, 0.4) is 0 Å². The maximum Gasteiger partial charge on any atom is 0.155 e. The number of hydrogen-bond donors (Lipinski definition) is 0. The monoisotopic (exact) mass is 250 g/mol. The second-order valence-corrected chi connectivity index (χ2v) is 4.96. The maximum atomic E-state index is 11.5. The van der Waals surface area contributed by atoms with Crippen LogP contribution < -0.4 is 0 Å². The van der Waals surface area contributed by atoms with Crippen molar-refractivity contribution >= 4 is 5.78 Å². The van der Waals surface area contributed by atoms with Crippen LogP contribution in [0.1, 0.15) is 77.6 Å². The molecule has 0 rings (SSSR count). The van der Waals surface area contributed by atoms with Gasteiger partial charge >= 0.3 is 0 Å². The van der Waals surface area contributed by atoms with Crippen molar-refractivity contribution in [3.8, 4) is 0 Å². The molecule has 1 heteroatoms. The van der Waals surface area contributed by atoms with Gasteiger partial charge in [0.2, 0.25) is 0 Å². The molecule has 18 heavy (non-hydrogen) atoms. The third-order valence-electron chi connectivity index (χ3n) is 3.11. The minimum atomic E-state index is 0.303. The van der Waals surface area contributed by atoms with Crippen LogP contribution >= 0.6 is 0 Å². The first-order valence-corrected chi connectivity index (χ1v) is 7.61. The fourth-order valence-corrected chi connectivity index (χ4v) is 1.92. The van der Waals surface area contributed by atoms with Crippen LogP contribution in [-0.4, -0.2) is 5.78 Å². The summed E-state index contributed by atoms with van der Waals surface area (Å²) in [6.07, 6.45) is 18.5. The second kappa shape index (κ2) is 14.2. The van der Waals surface area contributed by atoms with Crippen molar-refractivity contribution in [1.29, 1.82) is 0 Å². The quantitative estimate of drug-likeness (QED) is 0.236. The average Bonchev–Trinajstić information content (AvgIpc) is 2.38. The molecule has 0 aliphatic heterocycles. The van der Waals surface area contributed by atoms with Gasteiger partial charge in [-0.15, -0.1) is 6.58 Å². The fourth-order valence-electron chi connectivity index (χ4n) is 1.92. The lowest BCUT2D eigenvalue weighted by molar-refractivity contribution is -0.114. The molecular weight excluding hydrogens is 220 g/mol. The number of rotatable bonds is 13.